The number of carboxylic acids is 1. The van der Waals surface area contributed by atoms with Crippen LogP contribution in [0.4, 0.5) is 23.7 Å². The number of likely N-dealkylation sites (tertiary alicyclic amines) is 1. The lowest BCUT2D eigenvalue weighted by molar-refractivity contribution is -0.192. The molecule has 34 heavy (non-hydrogen) atoms. The molecule has 4 heterocycles. The van der Waals surface area contributed by atoms with Crippen LogP contribution in [0.25, 0.3) is 16.7 Å². The lowest BCUT2D eigenvalue weighted by Crippen LogP contribution is -2.34. The van der Waals surface area contributed by atoms with E-state index in [9.17, 15) is 22.8 Å². The summed E-state index contributed by atoms with van der Waals surface area (Å²) in [5.74, 6) is -3.14. The number of urea groups is 1. The normalized spacial score (nSPS) is 15.9. The molecule has 178 valence electrons. The summed E-state index contributed by atoms with van der Waals surface area (Å²) in [6.45, 7) is 1.04. The van der Waals surface area contributed by atoms with E-state index in [1.165, 1.54) is 0 Å². The number of fused-ring (bicyclic) bond motifs is 2. The molecule has 1 unspecified atom stereocenters. The van der Waals surface area contributed by atoms with E-state index in [1.54, 1.807) is 21.7 Å². The summed E-state index contributed by atoms with van der Waals surface area (Å²) in [4.78, 5) is 39.7. The van der Waals surface area contributed by atoms with Gasteiger partial charge in [-0.15, -0.1) is 0 Å². The number of carboxylic acid groups (broad SMARTS) is 1. The summed E-state index contributed by atoms with van der Waals surface area (Å²) in [6, 6.07) is 10.7. The zero-order valence-electron chi connectivity index (χ0n) is 17.4. The van der Waals surface area contributed by atoms with Crippen molar-refractivity contribution in [1.29, 1.82) is 0 Å². The summed E-state index contributed by atoms with van der Waals surface area (Å²) in [5.41, 5.74) is 2.79. The average molecular weight is 477 g/mol. The quantitative estimate of drug-likeness (QED) is 0.457. The topological polar surface area (TPSA) is 122 Å². The predicted octanol–water partition coefficient (Wildman–Crippen LogP) is 3.35. The van der Waals surface area contributed by atoms with Crippen molar-refractivity contribution in [3.8, 4) is 0 Å². The number of halogens is 3. The van der Waals surface area contributed by atoms with Crippen LogP contribution in [0.2, 0.25) is 0 Å². The number of alkyl halides is 3. The standard InChI is InChI=1S/C19H17N5O3.C2HF3O2/c25-18(21-13-5-8-22-10-7-20-17(22)11-13)23-9-6-14(12-23)24-15-3-1-2-4-16(15)27-19(24)26;3-2(4,5)1(6)7/h1-5,7-8,10-11,14H,6,9,12H2,(H,21,25);(H,6,7). The summed E-state index contributed by atoms with van der Waals surface area (Å²) >= 11 is 0. The third-order valence-corrected chi connectivity index (χ3v) is 5.23. The first-order chi connectivity index (χ1) is 16.1. The molecule has 0 spiro atoms. The van der Waals surface area contributed by atoms with E-state index < -0.39 is 12.1 Å². The van der Waals surface area contributed by atoms with Gasteiger partial charge in [0, 0.05) is 43.4 Å². The third-order valence-electron chi connectivity index (χ3n) is 5.23. The van der Waals surface area contributed by atoms with Crippen molar-refractivity contribution in [1.82, 2.24) is 18.9 Å². The van der Waals surface area contributed by atoms with Gasteiger partial charge >= 0.3 is 23.9 Å². The second-order valence-corrected chi connectivity index (χ2v) is 7.44. The Balaban J connectivity index is 0.000000344. The molecule has 13 heteroatoms. The van der Waals surface area contributed by atoms with Crippen LogP contribution in [0, 0.1) is 0 Å². The van der Waals surface area contributed by atoms with Crippen molar-refractivity contribution in [2.45, 2.75) is 18.6 Å². The molecule has 1 aliphatic heterocycles. The number of oxazole rings is 1. The molecule has 2 N–H and O–H groups in total. The summed E-state index contributed by atoms with van der Waals surface area (Å²) in [5, 5.41) is 10.0. The number of carbonyl (C=O) groups is 2. The SMILES string of the molecule is O=C(Nc1ccn2ccnc2c1)N1CCC(n2c(=O)oc3ccccc32)C1.O=C(O)C(F)(F)F. The number of hydrogen-bond donors (Lipinski definition) is 2. The second-order valence-electron chi connectivity index (χ2n) is 7.44. The Morgan fingerprint density at radius 1 is 1.18 bits per heavy atom. The fourth-order valence-corrected chi connectivity index (χ4v) is 3.66. The van der Waals surface area contributed by atoms with Crippen LogP contribution < -0.4 is 11.1 Å². The number of hydrogen-bond acceptors (Lipinski definition) is 5. The number of nitrogens with one attached hydrogen (secondary N) is 1. The molecule has 1 saturated heterocycles. The van der Waals surface area contributed by atoms with E-state index in [0.29, 0.717) is 30.8 Å². The maximum Gasteiger partial charge on any atom is 0.490 e. The van der Waals surface area contributed by atoms with Crippen molar-refractivity contribution in [3.05, 3.63) is 65.5 Å². The Morgan fingerprint density at radius 2 is 1.91 bits per heavy atom. The first kappa shape index (κ1) is 22.9. The molecule has 1 atom stereocenters. The molecule has 0 bridgehead atoms. The zero-order chi connectivity index (χ0) is 24.5. The molecule has 1 fully saturated rings. The van der Waals surface area contributed by atoms with E-state index in [4.69, 9.17) is 14.3 Å². The molecule has 0 aliphatic carbocycles. The maximum absolute atomic E-state index is 12.6. The lowest BCUT2D eigenvalue weighted by Gasteiger charge is -2.17. The van der Waals surface area contributed by atoms with Crippen LogP contribution in [-0.4, -0.2) is 55.2 Å². The van der Waals surface area contributed by atoms with Gasteiger partial charge < -0.3 is 24.1 Å². The van der Waals surface area contributed by atoms with Gasteiger partial charge in [0.15, 0.2) is 5.58 Å². The second kappa shape index (κ2) is 8.92. The van der Waals surface area contributed by atoms with Crippen molar-refractivity contribution in [3.63, 3.8) is 0 Å². The van der Waals surface area contributed by atoms with Crippen LogP contribution >= 0.6 is 0 Å². The summed E-state index contributed by atoms with van der Waals surface area (Å²) < 4.78 is 40.6. The number of pyridine rings is 1. The Bertz CT molecular complexity index is 1410. The van der Waals surface area contributed by atoms with Crippen LogP contribution in [0.3, 0.4) is 0 Å². The molecular weight excluding hydrogens is 459 g/mol. The number of imidazole rings is 1. The number of aromatic nitrogens is 3. The largest absolute Gasteiger partial charge is 0.490 e. The first-order valence-corrected chi connectivity index (χ1v) is 10.0. The highest BCUT2D eigenvalue weighted by atomic mass is 19.4. The zero-order valence-corrected chi connectivity index (χ0v) is 17.4. The van der Waals surface area contributed by atoms with Gasteiger partial charge in [-0.1, -0.05) is 12.1 Å². The fourth-order valence-electron chi connectivity index (χ4n) is 3.66. The molecule has 4 aromatic rings. The molecule has 10 nitrogen and oxygen atoms in total. The van der Waals surface area contributed by atoms with E-state index >= 15 is 0 Å². The van der Waals surface area contributed by atoms with E-state index in [2.05, 4.69) is 10.3 Å². The van der Waals surface area contributed by atoms with Crippen LogP contribution in [-0.2, 0) is 4.79 Å². The van der Waals surface area contributed by atoms with E-state index in [-0.39, 0.29) is 17.8 Å². The van der Waals surface area contributed by atoms with Gasteiger partial charge in [0.1, 0.15) is 5.65 Å². The minimum atomic E-state index is -5.08. The van der Waals surface area contributed by atoms with Gasteiger partial charge in [0.25, 0.3) is 0 Å². The van der Waals surface area contributed by atoms with Gasteiger partial charge in [0.05, 0.1) is 11.6 Å². The molecule has 3 aromatic heterocycles. The lowest BCUT2D eigenvalue weighted by atomic mass is 10.2. The monoisotopic (exact) mass is 477 g/mol. The van der Waals surface area contributed by atoms with Crippen LogP contribution in [0.1, 0.15) is 12.5 Å². The highest BCUT2D eigenvalue weighted by molar-refractivity contribution is 5.90. The van der Waals surface area contributed by atoms with E-state index in [0.717, 1.165) is 11.2 Å². The van der Waals surface area contributed by atoms with Crippen LogP contribution in [0.15, 0.2) is 64.2 Å². The molecule has 1 aromatic carbocycles. The highest BCUT2D eigenvalue weighted by Crippen LogP contribution is 2.25. The number of para-hydroxylation sites is 2. The van der Waals surface area contributed by atoms with Crippen molar-refractivity contribution in [2.24, 2.45) is 0 Å². The fraction of sp³-hybridized carbons (Fsp3) is 0.238. The van der Waals surface area contributed by atoms with E-state index in [1.807, 2.05) is 47.1 Å². The minimum absolute atomic E-state index is 0.0957. The Morgan fingerprint density at radius 3 is 2.65 bits per heavy atom. The number of aliphatic carboxylic acids is 1. The number of nitrogens with zero attached hydrogens (tertiary/aromatic N) is 4. The highest BCUT2D eigenvalue weighted by Gasteiger charge is 2.38. The summed E-state index contributed by atoms with van der Waals surface area (Å²) in [6.07, 6.45) is 1.02. The van der Waals surface area contributed by atoms with Crippen LogP contribution in [0.5, 0.6) is 0 Å². The third kappa shape index (κ3) is 4.72. The van der Waals surface area contributed by atoms with Crippen molar-refractivity contribution < 1.29 is 32.3 Å². The summed E-state index contributed by atoms with van der Waals surface area (Å²) in [7, 11) is 0. The Kier molecular flexibility index (Phi) is 6.01. The molecule has 1 aliphatic rings. The van der Waals surface area contributed by atoms with Gasteiger partial charge in [-0.05, 0) is 24.6 Å². The van der Waals surface area contributed by atoms with Gasteiger partial charge in [-0.3, -0.25) is 4.57 Å². The molecular formula is C21H18F3N5O5. The molecule has 2 amide bonds. The first-order valence-electron chi connectivity index (χ1n) is 10.0. The van der Waals surface area contributed by atoms with Gasteiger partial charge in [-0.2, -0.15) is 13.2 Å². The number of anilines is 1. The predicted molar refractivity (Wildman–Crippen MR) is 114 cm³/mol. The smallest absolute Gasteiger partial charge is 0.475 e. The van der Waals surface area contributed by atoms with Gasteiger partial charge in [-0.25, -0.2) is 19.4 Å². The number of rotatable bonds is 2. The molecule has 0 radical (unpaired) electrons. The average Bonchev–Trinajstić information content (AvgIpc) is 3.50. The van der Waals surface area contributed by atoms with Crippen molar-refractivity contribution >= 4 is 34.4 Å². The maximum atomic E-state index is 12.6. The van der Waals surface area contributed by atoms with Crippen molar-refractivity contribution in [2.75, 3.05) is 18.4 Å². The number of amides is 2. The molecule has 5 rings (SSSR count). The Hall–Kier alpha value is -4.29. The Labute approximate surface area is 188 Å². The number of carbonyl (C=O) groups excluding carboxylic acids is 1. The molecule has 0 saturated carbocycles. The number of benzene rings is 1. The van der Waals surface area contributed by atoms with Gasteiger partial charge in [0.2, 0.25) is 0 Å². The minimum Gasteiger partial charge on any atom is -0.475 e.